The zero-order valence-electron chi connectivity index (χ0n) is 10.7. The van der Waals surface area contributed by atoms with Gasteiger partial charge >= 0.3 is 0 Å². The highest BCUT2D eigenvalue weighted by Crippen LogP contribution is 2.22. The molecule has 18 heavy (non-hydrogen) atoms. The number of amides is 1. The van der Waals surface area contributed by atoms with E-state index in [1.54, 1.807) is 7.05 Å². The summed E-state index contributed by atoms with van der Waals surface area (Å²) in [6.07, 6.45) is 0. The van der Waals surface area contributed by atoms with Gasteiger partial charge in [0.15, 0.2) is 5.78 Å². The Hall–Kier alpha value is -0.720. The van der Waals surface area contributed by atoms with E-state index in [0.29, 0.717) is 13.1 Å². The Bertz CT molecular complexity index is 433. The molecule has 1 heterocycles. The number of hydrogen-bond donors (Lipinski definition) is 1. The van der Waals surface area contributed by atoms with Crippen molar-refractivity contribution in [3.8, 4) is 0 Å². The summed E-state index contributed by atoms with van der Waals surface area (Å²) in [7, 11) is 3.47. The van der Waals surface area contributed by atoms with Crippen molar-refractivity contribution in [2.45, 2.75) is 6.92 Å². The number of likely N-dealkylation sites (N-methyl/N-ethyl adjacent to an activating group) is 1. The SMILES string of the molecule is CNC(=O)C(C)CN(C)CC(=O)c1ccc(Br)s1. The van der Waals surface area contributed by atoms with Crippen LogP contribution >= 0.6 is 27.3 Å². The third kappa shape index (κ3) is 4.51. The first-order chi connectivity index (χ1) is 8.43. The minimum absolute atomic E-state index is 0.00633. The molecule has 1 rings (SSSR count). The molecule has 0 aliphatic rings. The van der Waals surface area contributed by atoms with Crippen molar-refractivity contribution < 1.29 is 9.59 Å². The number of carbonyl (C=O) groups excluding carboxylic acids is 2. The van der Waals surface area contributed by atoms with Crippen molar-refractivity contribution in [3.05, 3.63) is 20.8 Å². The van der Waals surface area contributed by atoms with Gasteiger partial charge in [0.05, 0.1) is 15.2 Å². The van der Waals surface area contributed by atoms with Gasteiger partial charge < -0.3 is 5.32 Å². The van der Waals surface area contributed by atoms with Crippen molar-refractivity contribution in [1.29, 1.82) is 0 Å². The van der Waals surface area contributed by atoms with Gasteiger partial charge in [0.1, 0.15) is 0 Å². The van der Waals surface area contributed by atoms with Crippen LogP contribution in [0.4, 0.5) is 0 Å². The number of Topliss-reactive ketones (excluding diaryl/α,β-unsaturated/α-hetero) is 1. The zero-order valence-corrected chi connectivity index (χ0v) is 13.1. The summed E-state index contributed by atoms with van der Waals surface area (Å²) in [6.45, 7) is 2.74. The number of rotatable bonds is 6. The van der Waals surface area contributed by atoms with Crippen LogP contribution in [0.15, 0.2) is 15.9 Å². The first kappa shape index (κ1) is 15.3. The second-order valence-corrected chi connectivity index (χ2v) is 6.70. The lowest BCUT2D eigenvalue weighted by atomic mass is 10.1. The summed E-state index contributed by atoms with van der Waals surface area (Å²) in [4.78, 5) is 25.9. The second-order valence-electron chi connectivity index (χ2n) is 4.24. The van der Waals surface area contributed by atoms with Crippen LogP contribution in [-0.4, -0.2) is 43.8 Å². The maximum Gasteiger partial charge on any atom is 0.223 e. The molecule has 1 N–H and O–H groups in total. The lowest BCUT2D eigenvalue weighted by molar-refractivity contribution is -0.124. The van der Waals surface area contributed by atoms with E-state index < -0.39 is 0 Å². The normalized spacial score (nSPS) is 12.5. The Morgan fingerprint density at radius 3 is 2.67 bits per heavy atom. The second kappa shape index (κ2) is 7.01. The Balaban J connectivity index is 2.47. The number of nitrogens with zero attached hydrogens (tertiary/aromatic N) is 1. The van der Waals surface area contributed by atoms with Crippen molar-refractivity contribution >= 4 is 39.0 Å². The van der Waals surface area contributed by atoms with Crippen LogP contribution in [-0.2, 0) is 4.79 Å². The van der Waals surface area contributed by atoms with Gasteiger partial charge in [-0.2, -0.15) is 0 Å². The summed E-state index contributed by atoms with van der Waals surface area (Å²) in [6, 6.07) is 3.68. The number of carbonyl (C=O) groups is 2. The highest BCUT2D eigenvalue weighted by molar-refractivity contribution is 9.11. The van der Waals surface area contributed by atoms with E-state index in [-0.39, 0.29) is 17.6 Å². The minimum atomic E-state index is -0.122. The molecule has 4 nitrogen and oxygen atoms in total. The molecule has 0 bridgehead atoms. The Morgan fingerprint density at radius 2 is 2.17 bits per heavy atom. The fourth-order valence-electron chi connectivity index (χ4n) is 1.65. The minimum Gasteiger partial charge on any atom is -0.359 e. The number of nitrogens with one attached hydrogen (secondary N) is 1. The lowest BCUT2D eigenvalue weighted by Gasteiger charge is -2.19. The van der Waals surface area contributed by atoms with Crippen LogP contribution in [0.3, 0.4) is 0 Å². The van der Waals surface area contributed by atoms with Crippen LogP contribution in [0.5, 0.6) is 0 Å². The van der Waals surface area contributed by atoms with E-state index in [9.17, 15) is 9.59 Å². The monoisotopic (exact) mass is 332 g/mol. The highest BCUT2D eigenvalue weighted by Gasteiger charge is 2.16. The molecule has 1 unspecified atom stereocenters. The standard InChI is InChI=1S/C12H17BrN2O2S/c1-8(12(17)14-2)6-15(3)7-9(16)10-4-5-11(13)18-10/h4-5,8H,6-7H2,1-3H3,(H,14,17). The van der Waals surface area contributed by atoms with Crippen LogP contribution in [0.25, 0.3) is 0 Å². The maximum absolute atomic E-state index is 11.9. The summed E-state index contributed by atoms with van der Waals surface area (Å²) < 4.78 is 0.951. The van der Waals surface area contributed by atoms with Gasteiger partial charge in [0.2, 0.25) is 5.91 Å². The average molecular weight is 333 g/mol. The van der Waals surface area contributed by atoms with Crippen molar-refractivity contribution in [2.24, 2.45) is 5.92 Å². The van der Waals surface area contributed by atoms with Gasteiger partial charge in [0, 0.05) is 19.5 Å². The number of thiophene rings is 1. The summed E-state index contributed by atoms with van der Waals surface area (Å²) in [5.41, 5.74) is 0. The Labute approximate surface area is 119 Å². The molecule has 0 aromatic carbocycles. The zero-order chi connectivity index (χ0) is 13.7. The van der Waals surface area contributed by atoms with Gasteiger partial charge in [-0.1, -0.05) is 6.92 Å². The van der Waals surface area contributed by atoms with E-state index in [0.717, 1.165) is 8.66 Å². The molecule has 0 saturated heterocycles. The maximum atomic E-state index is 11.9. The molecule has 100 valence electrons. The largest absolute Gasteiger partial charge is 0.359 e. The summed E-state index contributed by atoms with van der Waals surface area (Å²) in [5, 5.41) is 2.60. The number of hydrogen-bond acceptors (Lipinski definition) is 4. The summed E-state index contributed by atoms with van der Waals surface area (Å²) >= 11 is 4.76. The molecule has 1 amide bonds. The van der Waals surface area contributed by atoms with E-state index in [1.165, 1.54) is 11.3 Å². The van der Waals surface area contributed by atoms with E-state index in [4.69, 9.17) is 0 Å². The van der Waals surface area contributed by atoms with E-state index >= 15 is 0 Å². The van der Waals surface area contributed by atoms with Gasteiger partial charge in [0.25, 0.3) is 0 Å². The van der Waals surface area contributed by atoms with Crippen molar-refractivity contribution in [2.75, 3.05) is 27.2 Å². The number of ketones is 1. The fourth-order valence-corrected chi connectivity index (χ4v) is 2.96. The molecule has 0 fully saturated rings. The molecule has 0 saturated carbocycles. The van der Waals surface area contributed by atoms with Gasteiger partial charge in [-0.3, -0.25) is 14.5 Å². The lowest BCUT2D eigenvalue weighted by Crippen LogP contribution is -2.36. The first-order valence-corrected chi connectivity index (χ1v) is 7.23. The van der Waals surface area contributed by atoms with Crippen LogP contribution < -0.4 is 5.32 Å². The molecule has 1 aromatic heterocycles. The van der Waals surface area contributed by atoms with E-state index in [2.05, 4.69) is 21.2 Å². The summed E-state index contributed by atoms with van der Waals surface area (Å²) in [5.74, 6) is -0.0478. The quantitative estimate of drug-likeness (QED) is 0.810. The average Bonchev–Trinajstić information content (AvgIpc) is 2.74. The smallest absolute Gasteiger partial charge is 0.223 e. The molecule has 1 atom stereocenters. The molecular formula is C12H17BrN2O2S. The Kier molecular flexibility index (Phi) is 5.98. The topological polar surface area (TPSA) is 49.4 Å². The molecule has 1 aromatic rings. The molecule has 0 aliphatic heterocycles. The highest BCUT2D eigenvalue weighted by atomic mass is 79.9. The van der Waals surface area contributed by atoms with Crippen LogP contribution in [0, 0.1) is 5.92 Å². The van der Waals surface area contributed by atoms with Gasteiger partial charge in [-0.15, -0.1) is 11.3 Å². The predicted molar refractivity (Wildman–Crippen MR) is 77.1 cm³/mol. The molecule has 0 radical (unpaired) electrons. The van der Waals surface area contributed by atoms with Crippen molar-refractivity contribution in [3.63, 3.8) is 0 Å². The molecule has 6 heteroatoms. The van der Waals surface area contributed by atoms with E-state index in [1.807, 2.05) is 31.0 Å². The fraction of sp³-hybridized carbons (Fsp3) is 0.500. The Morgan fingerprint density at radius 1 is 1.50 bits per heavy atom. The number of halogens is 1. The first-order valence-electron chi connectivity index (χ1n) is 5.62. The third-order valence-corrected chi connectivity index (χ3v) is 4.21. The molecular weight excluding hydrogens is 316 g/mol. The predicted octanol–water partition coefficient (Wildman–Crippen LogP) is 2.01. The third-order valence-electron chi connectivity index (χ3n) is 2.54. The van der Waals surface area contributed by atoms with Gasteiger partial charge in [-0.25, -0.2) is 0 Å². The van der Waals surface area contributed by atoms with Crippen LogP contribution in [0.1, 0.15) is 16.6 Å². The molecule has 0 spiro atoms. The molecule has 0 aliphatic carbocycles. The van der Waals surface area contributed by atoms with Crippen LogP contribution in [0.2, 0.25) is 0 Å². The van der Waals surface area contributed by atoms with Gasteiger partial charge in [-0.05, 0) is 35.1 Å². The van der Waals surface area contributed by atoms with Crippen molar-refractivity contribution in [1.82, 2.24) is 10.2 Å².